The first kappa shape index (κ1) is 15.3. The molecule has 0 spiro atoms. The second-order valence-corrected chi connectivity index (χ2v) is 5.36. The van der Waals surface area contributed by atoms with E-state index in [0.717, 1.165) is 10.9 Å². The minimum atomic E-state index is -0.390. The zero-order valence-electron chi connectivity index (χ0n) is 12.5. The number of hydrogen-bond donors (Lipinski definition) is 2. The van der Waals surface area contributed by atoms with Crippen molar-refractivity contribution >= 4 is 16.8 Å². The van der Waals surface area contributed by atoms with Crippen molar-refractivity contribution in [3.05, 3.63) is 48.0 Å². The molecule has 0 aromatic heterocycles. The first-order valence-electron chi connectivity index (χ1n) is 7.21. The second kappa shape index (κ2) is 7.09. The van der Waals surface area contributed by atoms with Gasteiger partial charge in [-0.1, -0.05) is 42.5 Å². The number of aliphatic hydroxyl groups is 1. The Kier molecular flexibility index (Phi) is 5.17. The van der Waals surface area contributed by atoms with Crippen molar-refractivity contribution in [2.45, 2.75) is 26.0 Å². The lowest BCUT2D eigenvalue weighted by atomic mass is 10.0. The fourth-order valence-corrected chi connectivity index (χ4v) is 2.23. The predicted molar refractivity (Wildman–Crippen MR) is 85.1 cm³/mol. The maximum absolute atomic E-state index is 12.0. The van der Waals surface area contributed by atoms with Crippen LogP contribution in [0, 0.1) is 0 Å². The Hall–Kier alpha value is -2.07. The molecule has 4 nitrogen and oxygen atoms in total. The van der Waals surface area contributed by atoms with Gasteiger partial charge in [0, 0.05) is 20.1 Å². The summed E-state index contributed by atoms with van der Waals surface area (Å²) in [6, 6.07) is 14.1. The molecule has 2 amide bonds. The van der Waals surface area contributed by atoms with Crippen molar-refractivity contribution in [1.82, 2.24) is 10.2 Å². The number of fused-ring (bicyclic) bond motifs is 1. The molecule has 2 aromatic rings. The van der Waals surface area contributed by atoms with Gasteiger partial charge < -0.3 is 15.3 Å². The molecule has 0 heterocycles. The Labute approximate surface area is 125 Å². The lowest BCUT2D eigenvalue weighted by Crippen LogP contribution is -2.38. The van der Waals surface area contributed by atoms with Gasteiger partial charge in [0.25, 0.3) is 0 Å². The minimum Gasteiger partial charge on any atom is -0.393 e. The van der Waals surface area contributed by atoms with Crippen molar-refractivity contribution in [3.8, 4) is 0 Å². The van der Waals surface area contributed by atoms with Gasteiger partial charge in [-0.25, -0.2) is 4.79 Å². The van der Waals surface area contributed by atoms with Crippen LogP contribution in [0.2, 0.25) is 0 Å². The average molecular weight is 286 g/mol. The van der Waals surface area contributed by atoms with Gasteiger partial charge in [-0.2, -0.15) is 0 Å². The first-order valence-corrected chi connectivity index (χ1v) is 7.21. The molecular weight excluding hydrogens is 264 g/mol. The molecule has 0 saturated carbocycles. The molecule has 1 unspecified atom stereocenters. The third-order valence-electron chi connectivity index (χ3n) is 3.54. The number of carbonyl (C=O) groups is 1. The summed E-state index contributed by atoms with van der Waals surface area (Å²) in [5, 5.41) is 14.5. The highest BCUT2D eigenvalue weighted by atomic mass is 16.3. The maximum Gasteiger partial charge on any atom is 0.317 e. The van der Waals surface area contributed by atoms with E-state index in [4.69, 9.17) is 0 Å². The molecule has 0 radical (unpaired) electrons. The van der Waals surface area contributed by atoms with Crippen LogP contribution in [0.25, 0.3) is 10.8 Å². The molecular formula is C17H22N2O2. The largest absolute Gasteiger partial charge is 0.393 e. The van der Waals surface area contributed by atoms with Crippen LogP contribution in [0.1, 0.15) is 18.9 Å². The van der Waals surface area contributed by atoms with E-state index >= 15 is 0 Å². The summed E-state index contributed by atoms with van der Waals surface area (Å²) in [4.78, 5) is 13.6. The predicted octanol–water partition coefficient (Wildman–Crippen LogP) is 2.75. The Morgan fingerprint density at radius 3 is 2.71 bits per heavy atom. The summed E-state index contributed by atoms with van der Waals surface area (Å²) in [5.41, 5.74) is 1.10. The quantitative estimate of drug-likeness (QED) is 0.888. The number of hydrogen-bond acceptors (Lipinski definition) is 2. The van der Waals surface area contributed by atoms with Crippen molar-refractivity contribution < 1.29 is 9.90 Å². The molecule has 0 saturated heterocycles. The van der Waals surface area contributed by atoms with Crippen LogP contribution < -0.4 is 5.32 Å². The first-order chi connectivity index (χ1) is 10.1. The summed E-state index contributed by atoms with van der Waals surface area (Å²) in [6.45, 7) is 2.76. The molecule has 2 rings (SSSR count). The summed E-state index contributed by atoms with van der Waals surface area (Å²) < 4.78 is 0. The van der Waals surface area contributed by atoms with Crippen LogP contribution in [0.4, 0.5) is 4.79 Å². The monoisotopic (exact) mass is 286 g/mol. The molecule has 2 N–H and O–H groups in total. The number of nitrogens with one attached hydrogen (secondary N) is 1. The fraction of sp³-hybridized carbons (Fsp3) is 0.353. The van der Waals surface area contributed by atoms with Crippen LogP contribution >= 0.6 is 0 Å². The normalized spacial score (nSPS) is 12.1. The van der Waals surface area contributed by atoms with E-state index in [1.54, 1.807) is 18.9 Å². The standard InChI is InChI=1S/C17H22N2O2/c1-13(20)10-11-19(2)17(21)18-12-15-8-5-7-14-6-3-4-9-16(14)15/h3-9,13,20H,10-12H2,1-2H3,(H,18,21). The third kappa shape index (κ3) is 4.20. The van der Waals surface area contributed by atoms with E-state index < -0.39 is 6.10 Å². The number of benzene rings is 2. The van der Waals surface area contributed by atoms with Crippen LogP contribution in [-0.4, -0.2) is 35.7 Å². The lowest BCUT2D eigenvalue weighted by molar-refractivity contribution is 0.163. The van der Waals surface area contributed by atoms with Gasteiger partial charge in [-0.15, -0.1) is 0 Å². The molecule has 0 fully saturated rings. The van der Waals surface area contributed by atoms with Crippen LogP contribution in [0.3, 0.4) is 0 Å². The van der Waals surface area contributed by atoms with Crippen molar-refractivity contribution in [3.63, 3.8) is 0 Å². The highest BCUT2D eigenvalue weighted by molar-refractivity contribution is 5.86. The highest BCUT2D eigenvalue weighted by Crippen LogP contribution is 2.18. The van der Waals surface area contributed by atoms with Crippen molar-refractivity contribution in [1.29, 1.82) is 0 Å². The highest BCUT2D eigenvalue weighted by Gasteiger charge is 2.09. The third-order valence-corrected chi connectivity index (χ3v) is 3.54. The Morgan fingerprint density at radius 2 is 1.95 bits per heavy atom. The molecule has 0 aliphatic carbocycles. The Balaban J connectivity index is 1.97. The number of urea groups is 1. The minimum absolute atomic E-state index is 0.122. The topological polar surface area (TPSA) is 52.6 Å². The molecule has 0 aliphatic rings. The molecule has 2 aromatic carbocycles. The van der Waals surface area contributed by atoms with Gasteiger partial charge in [0.1, 0.15) is 0 Å². The van der Waals surface area contributed by atoms with E-state index in [1.165, 1.54) is 5.39 Å². The van der Waals surface area contributed by atoms with Gasteiger partial charge in [0.2, 0.25) is 0 Å². The number of carbonyl (C=O) groups excluding carboxylic acids is 1. The van der Waals surface area contributed by atoms with E-state index in [9.17, 15) is 9.90 Å². The molecule has 0 bridgehead atoms. The maximum atomic E-state index is 12.0. The molecule has 112 valence electrons. The SMILES string of the molecule is CC(O)CCN(C)C(=O)NCc1cccc2ccccc12. The summed E-state index contributed by atoms with van der Waals surface area (Å²) >= 11 is 0. The number of aliphatic hydroxyl groups excluding tert-OH is 1. The Morgan fingerprint density at radius 1 is 1.24 bits per heavy atom. The van der Waals surface area contributed by atoms with Crippen molar-refractivity contribution in [2.24, 2.45) is 0 Å². The van der Waals surface area contributed by atoms with Crippen LogP contribution in [-0.2, 0) is 6.54 Å². The lowest BCUT2D eigenvalue weighted by Gasteiger charge is -2.19. The van der Waals surface area contributed by atoms with Gasteiger partial charge in [0.15, 0.2) is 0 Å². The average Bonchev–Trinajstić information content (AvgIpc) is 2.50. The zero-order valence-corrected chi connectivity index (χ0v) is 12.5. The molecule has 1 atom stereocenters. The summed E-state index contributed by atoms with van der Waals surface area (Å²) in [7, 11) is 1.74. The van der Waals surface area contributed by atoms with Gasteiger partial charge >= 0.3 is 6.03 Å². The van der Waals surface area contributed by atoms with Gasteiger partial charge in [-0.3, -0.25) is 0 Å². The number of amides is 2. The zero-order chi connectivity index (χ0) is 15.2. The second-order valence-electron chi connectivity index (χ2n) is 5.36. The Bertz CT molecular complexity index is 605. The van der Waals surface area contributed by atoms with Gasteiger partial charge in [0.05, 0.1) is 6.10 Å². The van der Waals surface area contributed by atoms with Gasteiger partial charge in [-0.05, 0) is 29.7 Å². The van der Waals surface area contributed by atoms with E-state index in [0.29, 0.717) is 19.5 Å². The van der Waals surface area contributed by atoms with Crippen molar-refractivity contribution in [2.75, 3.05) is 13.6 Å². The van der Waals surface area contributed by atoms with Crippen LogP contribution in [0.15, 0.2) is 42.5 Å². The van der Waals surface area contributed by atoms with E-state index in [-0.39, 0.29) is 6.03 Å². The van der Waals surface area contributed by atoms with E-state index in [1.807, 2.05) is 24.3 Å². The number of rotatable bonds is 5. The summed E-state index contributed by atoms with van der Waals surface area (Å²) in [5.74, 6) is 0. The smallest absolute Gasteiger partial charge is 0.317 e. The van der Waals surface area contributed by atoms with Crippen LogP contribution in [0.5, 0.6) is 0 Å². The molecule has 4 heteroatoms. The summed E-state index contributed by atoms with van der Waals surface area (Å²) in [6.07, 6.45) is 0.191. The fourth-order valence-electron chi connectivity index (χ4n) is 2.23. The molecule has 21 heavy (non-hydrogen) atoms. The van der Waals surface area contributed by atoms with E-state index in [2.05, 4.69) is 23.5 Å². The molecule has 0 aliphatic heterocycles. The number of nitrogens with zero attached hydrogens (tertiary/aromatic N) is 1.